The van der Waals surface area contributed by atoms with Crippen LogP contribution in [0.4, 0.5) is 0 Å². The molecule has 0 saturated heterocycles. The third-order valence-electron chi connectivity index (χ3n) is 3.31. The van der Waals surface area contributed by atoms with Crippen molar-refractivity contribution in [2.24, 2.45) is 0 Å². The fourth-order valence-corrected chi connectivity index (χ4v) is 2.04. The quantitative estimate of drug-likeness (QED) is 0.832. The molecule has 2 aromatic rings. The average molecular weight is 216 g/mol. The van der Waals surface area contributed by atoms with E-state index in [0.29, 0.717) is 0 Å². The second kappa shape index (κ2) is 4.71. The van der Waals surface area contributed by atoms with Crippen molar-refractivity contribution in [2.45, 2.75) is 20.3 Å². The third kappa shape index (κ3) is 2.12. The minimum absolute atomic E-state index is 1.11. The molecule has 1 heterocycles. The molecule has 0 radical (unpaired) electrons. The van der Waals surface area contributed by atoms with E-state index in [0.717, 1.165) is 19.5 Å². The highest BCUT2D eigenvalue weighted by Crippen LogP contribution is 2.21. The first-order valence-corrected chi connectivity index (χ1v) is 5.96. The number of aromatic amines is 1. The lowest BCUT2D eigenvalue weighted by molar-refractivity contribution is 0.358. The van der Waals surface area contributed by atoms with Crippen LogP contribution in [0.3, 0.4) is 0 Å². The lowest BCUT2D eigenvalue weighted by atomic mass is 10.1. The first-order valence-electron chi connectivity index (χ1n) is 5.96. The van der Waals surface area contributed by atoms with Crippen LogP contribution in [0, 0.1) is 6.92 Å². The number of likely N-dealkylation sites (N-methyl/N-ethyl adjacent to an activating group) is 1. The Morgan fingerprint density at radius 2 is 2.12 bits per heavy atom. The van der Waals surface area contributed by atoms with Gasteiger partial charge in [0.1, 0.15) is 0 Å². The average Bonchev–Trinajstić information content (AvgIpc) is 2.70. The smallest absolute Gasteiger partial charge is 0.0486 e. The Bertz CT molecular complexity index is 471. The number of benzene rings is 1. The zero-order chi connectivity index (χ0) is 11.5. The molecule has 16 heavy (non-hydrogen) atoms. The second-order valence-electron chi connectivity index (χ2n) is 4.46. The highest BCUT2D eigenvalue weighted by molar-refractivity contribution is 5.85. The van der Waals surface area contributed by atoms with Crippen molar-refractivity contribution in [1.29, 1.82) is 0 Å². The second-order valence-corrected chi connectivity index (χ2v) is 4.46. The maximum absolute atomic E-state index is 3.38. The Morgan fingerprint density at radius 3 is 2.88 bits per heavy atom. The van der Waals surface area contributed by atoms with Crippen molar-refractivity contribution in [2.75, 3.05) is 20.1 Å². The summed E-state index contributed by atoms with van der Waals surface area (Å²) in [7, 11) is 2.17. The van der Waals surface area contributed by atoms with Crippen LogP contribution in [-0.2, 0) is 6.42 Å². The van der Waals surface area contributed by atoms with E-state index in [1.165, 1.54) is 22.0 Å². The van der Waals surface area contributed by atoms with Crippen LogP contribution in [0.25, 0.3) is 10.9 Å². The van der Waals surface area contributed by atoms with Gasteiger partial charge < -0.3 is 9.88 Å². The number of hydrogen-bond donors (Lipinski definition) is 1. The Kier molecular flexibility index (Phi) is 3.30. The zero-order valence-electron chi connectivity index (χ0n) is 10.4. The maximum Gasteiger partial charge on any atom is 0.0486 e. The van der Waals surface area contributed by atoms with Gasteiger partial charge in [0.25, 0.3) is 0 Å². The minimum Gasteiger partial charge on any atom is -0.361 e. The Morgan fingerprint density at radius 1 is 1.31 bits per heavy atom. The van der Waals surface area contributed by atoms with Gasteiger partial charge in [-0.3, -0.25) is 0 Å². The van der Waals surface area contributed by atoms with Crippen LogP contribution < -0.4 is 0 Å². The summed E-state index contributed by atoms with van der Waals surface area (Å²) in [5.41, 5.74) is 4.04. The summed E-state index contributed by atoms with van der Waals surface area (Å²) in [6, 6.07) is 6.50. The number of para-hydroxylation sites is 1. The van der Waals surface area contributed by atoms with Gasteiger partial charge in [-0.2, -0.15) is 0 Å². The molecule has 2 rings (SSSR count). The predicted octanol–water partition coefficient (Wildman–Crippen LogP) is 2.97. The number of nitrogens with one attached hydrogen (secondary N) is 1. The largest absolute Gasteiger partial charge is 0.361 e. The van der Waals surface area contributed by atoms with Gasteiger partial charge in [-0.05, 0) is 38.1 Å². The number of aryl methyl sites for hydroxylation is 1. The predicted molar refractivity (Wildman–Crippen MR) is 69.9 cm³/mol. The van der Waals surface area contributed by atoms with Crippen LogP contribution in [0.1, 0.15) is 18.1 Å². The molecule has 2 heteroatoms. The van der Waals surface area contributed by atoms with Crippen LogP contribution in [0.2, 0.25) is 0 Å². The van der Waals surface area contributed by atoms with Crippen molar-refractivity contribution >= 4 is 10.9 Å². The Balaban J connectivity index is 2.22. The first kappa shape index (κ1) is 11.2. The third-order valence-corrected chi connectivity index (χ3v) is 3.31. The van der Waals surface area contributed by atoms with E-state index in [9.17, 15) is 0 Å². The maximum atomic E-state index is 3.38. The molecule has 0 aliphatic heterocycles. The number of rotatable bonds is 4. The van der Waals surface area contributed by atoms with E-state index in [1.807, 2.05) is 0 Å². The monoisotopic (exact) mass is 216 g/mol. The van der Waals surface area contributed by atoms with E-state index in [-0.39, 0.29) is 0 Å². The lowest BCUT2D eigenvalue weighted by Gasteiger charge is -2.12. The molecule has 86 valence electrons. The summed E-state index contributed by atoms with van der Waals surface area (Å²) in [5.74, 6) is 0. The van der Waals surface area contributed by atoms with Crippen molar-refractivity contribution in [1.82, 2.24) is 9.88 Å². The normalized spacial score (nSPS) is 11.5. The summed E-state index contributed by atoms with van der Waals surface area (Å²) in [6.07, 6.45) is 3.27. The van der Waals surface area contributed by atoms with Crippen molar-refractivity contribution in [3.05, 3.63) is 35.5 Å². The summed E-state index contributed by atoms with van der Waals surface area (Å²) in [6.45, 7) is 6.58. The molecule has 1 aromatic carbocycles. The fourth-order valence-electron chi connectivity index (χ4n) is 2.04. The molecule has 0 saturated carbocycles. The number of nitrogens with zero attached hydrogens (tertiary/aromatic N) is 1. The van der Waals surface area contributed by atoms with Gasteiger partial charge >= 0.3 is 0 Å². The van der Waals surface area contributed by atoms with E-state index >= 15 is 0 Å². The summed E-state index contributed by atoms with van der Waals surface area (Å²) < 4.78 is 0. The fraction of sp³-hybridized carbons (Fsp3) is 0.429. The van der Waals surface area contributed by atoms with Gasteiger partial charge in [-0.25, -0.2) is 0 Å². The van der Waals surface area contributed by atoms with Gasteiger partial charge in [0.05, 0.1) is 0 Å². The summed E-state index contributed by atoms with van der Waals surface area (Å²) >= 11 is 0. The molecule has 0 amide bonds. The van der Waals surface area contributed by atoms with Crippen LogP contribution >= 0.6 is 0 Å². The number of hydrogen-bond acceptors (Lipinski definition) is 1. The summed E-state index contributed by atoms with van der Waals surface area (Å²) in [4.78, 5) is 5.72. The molecule has 0 aliphatic rings. The van der Waals surface area contributed by atoms with E-state index in [2.05, 4.69) is 55.2 Å². The van der Waals surface area contributed by atoms with Gasteiger partial charge in [0.15, 0.2) is 0 Å². The van der Waals surface area contributed by atoms with Crippen LogP contribution in [-0.4, -0.2) is 30.0 Å². The van der Waals surface area contributed by atoms with E-state index in [1.54, 1.807) is 0 Å². The van der Waals surface area contributed by atoms with Gasteiger partial charge in [0, 0.05) is 23.6 Å². The van der Waals surface area contributed by atoms with Crippen molar-refractivity contribution in [3.63, 3.8) is 0 Å². The van der Waals surface area contributed by atoms with Crippen LogP contribution in [0.15, 0.2) is 24.4 Å². The molecule has 0 aliphatic carbocycles. The van der Waals surface area contributed by atoms with E-state index < -0.39 is 0 Å². The molecule has 0 spiro atoms. The Hall–Kier alpha value is -1.28. The molecule has 0 bridgehead atoms. The molecule has 2 nitrogen and oxygen atoms in total. The lowest BCUT2D eigenvalue weighted by Crippen LogP contribution is -2.20. The highest BCUT2D eigenvalue weighted by atomic mass is 15.1. The molecular formula is C14H20N2. The van der Waals surface area contributed by atoms with Gasteiger partial charge in [0.2, 0.25) is 0 Å². The molecule has 0 fully saturated rings. The van der Waals surface area contributed by atoms with Gasteiger partial charge in [-0.1, -0.05) is 25.1 Å². The standard InChI is InChI=1S/C14H20N2/c1-4-16(3)9-8-12-10-15-14-11(2)6-5-7-13(12)14/h5-7,10,15H,4,8-9H2,1-3H3. The molecule has 0 unspecified atom stereocenters. The Labute approximate surface area is 97.3 Å². The van der Waals surface area contributed by atoms with Crippen molar-refractivity contribution in [3.8, 4) is 0 Å². The van der Waals surface area contributed by atoms with Crippen LogP contribution in [0.5, 0.6) is 0 Å². The topological polar surface area (TPSA) is 19.0 Å². The van der Waals surface area contributed by atoms with Crippen molar-refractivity contribution < 1.29 is 0 Å². The minimum atomic E-state index is 1.11. The SMILES string of the molecule is CCN(C)CCc1c[nH]c2c(C)cccc12. The number of fused-ring (bicyclic) bond motifs is 1. The van der Waals surface area contributed by atoms with Gasteiger partial charge in [-0.15, -0.1) is 0 Å². The summed E-state index contributed by atoms with van der Waals surface area (Å²) in [5, 5.41) is 1.38. The molecular weight excluding hydrogens is 196 g/mol. The zero-order valence-corrected chi connectivity index (χ0v) is 10.4. The highest BCUT2D eigenvalue weighted by Gasteiger charge is 2.05. The number of H-pyrrole nitrogens is 1. The molecule has 0 atom stereocenters. The molecule has 1 N–H and O–H groups in total. The molecule has 1 aromatic heterocycles. The number of aromatic nitrogens is 1. The van der Waals surface area contributed by atoms with E-state index in [4.69, 9.17) is 0 Å². The first-order chi connectivity index (χ1) is 7.72.